The number of furan rings is 1. The second-order valence-corrected chi connectivity index (χ2v) is 9.93. The summed E-state index contributed by atoms with van der Waals surface area (Å²) < 4.78 is 30.8. The third kappa shape index (κ3) is 4.28. The number of hydrogen-bond donors (Lipinski definition) is 2. The summed E-state index contributed by atoms with van der Waals surface area (Å²) in [5.74, 6) is -0.106. The highest BCUT2D eigenvalue weighted by Crippen LogP contribution is 2.30. The predicted molar refractivity (Wildman–Crippen MR) is 110 cm³/mol. The molecule has 0 saturated carbocycles. The van der Waals surface area contributed by atoms with Crippen LogP contribution >= 0.6 is 11.3 Å². The summed E-state index contributed by atoms with van der Waals surface area (Å²) in [6.45, 7) is 0. The van der Waals surface area contributed by atoms with Crippen LogP contribution < -0.4 is 10.6 Å². The number of nitrogens with zero attached hydrogens (tertiary/aromatic N) is 3. The first-order valence-electron chi connectivity index (χ1n) is 9.15. The topological polar surface area (TPSA) is 136 Å². The van der Waals surface area contributed by atoms with Crippen LogP contribution in [0.2, 0.25) is 0 Å². The molecule has 2 N–H and O–H groups in total. The lowest BCUT2D eigenvalue weighted by Gasteiger charge is -2.11. The lowest BCUT2D eigenvalue weighted by Crippen LogP contribution is -2.20. The van der Waals surface area contributed by atoms with E-state index in [-0.39, 0.29) is 35.6 Å². The van der Waals surface area contributed by atoms with Crippen LogP contribution in [0.5, 0.6) is 0 Å². The summed E-state index contributed by atoms with van der Waals surface area (Å²) in [6, 6.07) is 4.64. The highest BCUT2D eigenvalue weighted by Gasteiger charge is 2.32. The summed E-state index contributed by atoms with van der Waals surface area (Å²) in [6.07, 6.45) is 2.05. The number of hydrogen-bond acceptors (Lipinski definition) is 8. The van der Waals surface area contributed by atoms with Gasteiger partial charge in [0.15, 0.2) is 26.4 Å². The van der Waals surface area contributed by atoms with Gasteiger partial charge in [-0.05, 0) is 18.6 Å². The normalized spacial score (nSPS) is 17.7. The van der Waals surface area contributed by atoms with E-state index in [0.29, 0.717) is 28.7 Å². The zero-order chi connectivity index (χ0) is 21.3. The molecule has 158 valence electrons. The Labute approximate surface area is 176 Å². The third-order valence-corrected chi connectivity index (χ3v) is 7.25. The van der Waals surface area contributed by atoms with Gasteiger partial charge in [-0.1, -0.05) is 0 Å². The Morgan fingerprint density at radius 3 is 2.90 bits per heavy atom. The van der Waals surface area contributed by atoms with Crippen molar-refractivity contribution in [3.05, 3.63) is 41.2 Å². The molecular formula is C18H19N5O5S2. The average molecular weight is 450 g/mol. The Hall–Kier alpha value is -2.99. The van der Waals surface area contributed by atoms with Crippen molar-refractivity contribution in [2.45, 2.75) is 18.9 Å². The van der Waals surface area contributed by atoms with E-state index < -0.39 is 15.7 Å². The van der Waals surface area contributed by atoms with Crippen LogP contribution in [-0.2, 0) is 21.1 Å². The fourth-order valence-corrected chi connectivity index (χ4v) is 5.62. The van der Waals surface area contributed by atoms with Crippen molar-refractivity contribution >= 4 is 38.1 Å². The van der Waals surface area contributed by atoms with Crippen LogP contribution in [-0.4, -0.2) is 53.5 Å². The number of amides is 2. The fraction of sp³-hybridized carbons (Fsp3) is 0.333. The zero-order valence-corrected chi connectivity index (χ0v) is 17.6. The monoisotopic (exact) mass is 449 g/mol. The molecule has 3 aromatic heterocycles. The van der Waals surface area contributed by atoms with Gasteiger partial charge < -0.3 is 9.73 Å². The number of likely N-dealkylation sites (N-methyl/N-ethyl adjacent to an activating group) is 1. The summed E-state index contributed by atoms with van der Waals surface area (Å²) >= 11 is 1.20. The summed E-state index contributed by atoms with van der Waals surface area (Å²) in [4.78, 5) is 28.4. The largest absolute Gasteiger partial charge is 0.463 e. The van der Waals surface area contributed by atoms with Gasteiger partial charge in [-0.25, -0.2) is 13.4 Å². The van der Waals surface area contributed by atoms with Gasteiger partial charge in [-0.2, -0.15) is 5.10 Å². The van der Waals surface area contributed by atoms with E-state index in [1.807, 2.05) is 0 Å². The van der Waals surface area contributed by atoms with Crippen molar-refractivity contribution in [1.29, 1.82) is 0 Å². The van der Waals surface area contributed by atoms with Crippen molar-refractivity contribution < 1.29 is 22.4 Å². The molecule has 0 bridgehead atoms. The summed E-state index contributed by atoms with van der Waals surface area (Å²) in [7, 11) is -1.59. The molecular weight excluding hydrogens is 430 g/mol. The lowest BCUT2D eigenvalue weighted by molar-refractivity contribution is -0.120. The van der Waals surface area contributed by atoms with Crippen molar-refractivity contribution in [2.24, 2.45) is 0 Å². The minimum atomic E-state index is -3.13. The smallest absolute Gasteiger partial charge is 0.277 e. The molecule has 0 aromatic carbocycles. The molecule has 3 aromatic rings. The Morgan fingerprint density at radius 2 is 2.23 bits per heavy atom. The van der Waals surface area contributed by atoms with Crippen LogP contribution in [0.3, 0.4) is 0 Å². The molecule has 4 rings (SSSR count). The van der Waals surface area contributed by atoms with E-state index in [0.717, 1.165) is 0 Å². The van der Waals surface area contributed by atoms with Crippen LogP contribution in [0.1, 0.15) is 28.6 Å². The van der Waals surface area contributed by atoms with Gasteiger partial charge in [0.2, 0.25) is 5.91 Å². The van der Waals surface area contributed by atoms with E-state index in [2.05, 4.69) is 20.7 Å². The maximum absolute atomic E-state index is 12.7. The van der Waals surface area contributed by atoms with Gasteiger partial charge in [0, 0.05) is 18.5 Å². The van der Waals surface area contributed by atoms with Gasteiger partial charge >= 0.3 is 0 Å². The van der Waals surface area contributed by atoms with Crippen LogP contribution in [0.25, 0.3) is 11.5 Å². The summed E-state index contributed by atoms with van der Waals surface area (Å²) in [5, 5.41) is 11.6. The number of thiazole rings is 1. The molecule has 2 amide bonds. The fourth-order valence-electron chi connectivity index (χ4n) is 3.22. The number of carbonyl (C=O) groups excluding carboxylic acids is 2. The molecule has 0 spiro atoms. The molecule has 0 aliphatic carbocycles. The Bertz CT molecular complexity index is 1180. The van der Waals surface area contributed by atoms with Gasteiger partial charge in [0.25, 0.3) is 5.91 Å². The first kappa shape index (κ1) is 20.3. The molecule has 1 fully saturated rings. The number of rotatable bonds is 6. The molecule has 30 heavy (non-hydrogen) atoms. The van der Waals surface area contributed by atoms with Crippen molar-refractivity contribution in [3.63, 3.8) is 0 Å². The minimum absolute atomic E-state index is 0.0290. The standard InChI is InChI=1S/C18H19N5O5S2/c1-19-16(24)7-11-9-29-18(20-11)21-17(25)13-8-14(15-3-2-5-28-15)23(22-13)12-4-6-30(26,27)10-12/h2-3,5,8-9,12H,4,6-7,10H2,1H3,(H,19,24)(H,20,21,25). The second-order valence-electron chi connectivity index (χ2n) is 6.84. The van der Waals surface area contributed by atoms with Crippen LogP contribution in [0.15, 0.2) is 34.3 Å². The SMILES string of the molecule is CNC(=O)Cc1csc(NC(=O)c2cc(-c3ccco3)n(C3CCS(=O)(=O)C3)n2)n1. The van der Waals surface area contributed by atoms with E-state index in [4.69, 9.17) is 4.42 Å². The lowest BCUT2D eigenvalue weighted by atomic mass is 10.2. The number of nitrogens with one attached hydrogen (secondary N) is 2. The highest BCUT2D eigenvalue weighted by atomic mass is 32.2. The molecule has 1 atom stereocenters. The first-order valence-corrected chi connectivity index (χ1v) is 11.8. The number of aromatic nitrogens is 3. The quantitative estimate of drug-likeness (QED) is 0.582. The van der Waals surface area contributed by atoms with Crippen LogP contribution in [0.4, 0.5) is 5.13 Å². The van der Waals surface area contributed by atoms with Crippen LogP contribution in [0, 0.1) is 0 Å². The van der Waals surface area contributed by atoms with Crippen molar-refractivity contribution in [3.8, 4) is 11.5 Å². The molecule has 1 aliphatic heterocycles. The van der Waals surface area contributed by atoms with Gasteiger partial charge in [0.1, 0.15) is 5.69 Å². The molecule has 4 heterocycles. The number of sulfone groups is 1. The van der Waals surface area contributed by atoms with Gasteiger partial charge in [-0.15, -0.1) is 11.3 Å². The van der Waals surface area contributed by atoms with Crippen molar-refractivity contribution in [1.82, 2.24) is 20.1 Å². The molecule has 1 saturated heterocycles. The van der Waals surface area contributed by atoms with E-state index in [9.17, 15) is 18.0 Å². The second kappa shape index (κ2) is 8.03. The van der Waals surface area contributed by atoms with E-state index in [1.54, 1.807) is 35.3 Å². The zero-order valence-electron chi connectivity index (χ0n) is 16.0. The maximum Gasteiger partial charge on any atom is 0.277 e. The molecule has 1 unspecified atom stereocenters. The molecule has 10 nitrogen and oxygen atoms in total. The average Bonchev–Trinajstić information content (AvgIpc) is 3.47. The minimum Gasteiger partial charge on any atom is -0.463 e. The first-order chi connectivity index (χ1) is 14.3. The third-order valence-electron chi connectivity index (χ3n) is 4.69. The maximum atomic E-state index is 12.7. The van der Waals surface area contributed by atoms with Gasteiger partial charge in [0.05, 0.1) is 35.9 Å². The molecule has 0 radical (unpaired) electrons. The van der Waals surface area contributed by atoms with Gasteiger partial charge in [-0.3, -0.25) is 19.6 Å². The summed E-state index contributed by atoms with van der Waals surface area (Å²) in [5.41, 5.74) is 1.20. The van der Waals surface area contributed by atoms with E-state index in [1.165, 1.54) is 17.6 Å². The Morgan fingerprint density at radius 1 is 1.40 bits per heavy atom. The number of carbonyl (C=O) groups is 2. The number of anilines is 1. The molecule has 1 aliphatic rings. The molecule has 12 heteroatoms. The Kier molecular flexibility index (Phi) is 5.43. The van der Waals surface area contributed by atoms with Crippen molar-refractivity contribution in [2.75, 3.05) is 23.9 Å². The Balaban J connectivity index is 1.57. The predicted octanol–water partition coefficient (Wildman–Crippen LogP) is 1.50. The highest BCUT2D eigenvalue weighted by molar-refractivity contribution is 7.91. The van der Waals surface area contributed by atoms with E-state index >= 15 is 0 Å².